The van der Waals surface area contributed by atoms with Crippen LogP contribution in [0.25, 0.3) is 0 Å². The molecule has 3 N–H and O–H groups in total. The molecule has 13 heavy (non-hydrogen) atoms. The fourth-order valence-electron chi connectivity index (χ4n) is 1.35. The zero-order chi connectivity index (χ0) is 9.84. The number of hydrogen-bond donors (Lipinski definition) is 2. The normalized spacial score (nSPS) is 13.3. The summed E-state index contributed by atoms with van der Waals surface area (Å²) in [4.78, 5) is 8.11. The van der Waals surface area contributed by atoms with E-state index in [0.29, 0.717) is 5.92 Å². The van der Waals surface area contributed by atoms with Crippen LogP contribution in [-0.4, -0.2) is 9.97 Å². The SMILES string of the molecule is Cc1ncncc1C(NN)C(C)C. The molecular formula is C9H16N4. The predicted octanol–water partition coefficient (Wildman–Crippen LogP) is 0.945. The number of nitrogens with one attached hydrogen (secondary N) is 1. The zero-order valence-electron chi connectivity index (χ0n) is 8.28. The van der Waals surface area contributed by atoms with Crippen LogP contribution in [0, 0.1) is 12.8 Å². The molecule has 4 nitrogen and oxygen atoms in total. The molecule has 1 aromatic rings. The van der Waals surface area contributed by atoms with E-state index < -0.39 is 0 Å². The molecule has 0 fully saturated rings. The second-order valence-electron chi connectivity index (χ2n) is 3.45. The van der Waals surface area contributed by atoms with Crippen LogP contribution in [0.3, 0.4) is 0 Å². The lowest BCUT2D eigenvalue weighted by Gasteiger charge is -2.20. The predicted molar refractivity (Wildman–Crippen MR) is 51.7 cm³/mol. The van der Waals surface area contributed by atoms with Crippen LogP contribution in [0.1, 0.15) is 31.1 Å². The van der Waals surface area contributed by atoms with Crippen molar-refractivity contribution >= 4 is 0 Å². The third-order valence-electron chi connectivity index (χ3n) is 2.13. The maximum absolute atomic E-state index is 5.47. The van der Waals surface area contributed by atoms with E-state index in [1.165, 1.54) is 0 Å². The molecule has 1 aromatic heterocycles. The van der Waals surface area contributed by atoms with E-state index in [0.717, 1.165) is 11.3 Å². The van der Waals surface area contributed by atoms with Crippen molar-refractivity contribution in [2.45, 2.75) is 26.8 Å². The first-order chi connectivity index (χ1) is 6.16. The fraction of sp³-hybridized carbons (Fsp3) is 0.556. The summed E-state index contributed by atoms with van der Waals surface area (Å²) >= 11 is 0. The Bertz CT molecular complexity index is 272. The first-order valence-corrected chi connectivity index (χ1v) is 4.39. The van der Waals surface area contributed by atoms with Gasteiger partial charge in [0.15, 0.2) is 0 Å². The smallest absolute Gasteiger partial charge is 0.115 e. The van der Waals surface area contributed by atoms with Crippen molar-refractivity contribution < 1.29 is 0 Å². The number of rotatable bonds is 3. The third-order valence-corrected chi connectivity index (χ3v) is 2.13. The van der Waals surface area contributed by atoms with Gasteiger partial charge in [0.2, 0.25) is 0 Å². The van der Waals surface area contributed by atoms with Gasteiger partial charge in [0.1, 0.15) is 6.33 Å². The minimum atomic E-state index is 0.126. The Morgan fingerprint density at radius 1 is 1.46 bits per heavy atom. The van der Waals surface area contributed by atoms with Gasteiger partial charge in [-0.15, -0.1) is 0 Å². The van der Waals surface area contributed by atoms with Crippen molar-refractivity contribution in [3.05, 3.63) is 23.8 Å². The van der Waals surface area contributed by atoms with Crippen molar-refractivity contribution in [3.63, 3.8) is 0 Å². The highest BCUT2D eigenvalue weighted by molar-refractivity contribution is 5.19. The molecule has 0 radical (unpaired) electrons. The number of nitrogens with two attached hydrogens (primary N) is 1. The van der Waals surface area contributed by atoms with E-state index in [1.54, 1.807) is 6.33 Å². The molecule has 1 unspecified atom stereocenters. The second-order valence-corrected chi connectivity index (χ2v) is 3.45. The molecule has 0 aliphatic rings. The molecule has 0 aliphatic carbocycles. The van der Waals surface area contributed by atoms with Crippen LogP contribution >= 0.6 is 0 Å². The molecule has 0 saturated heterocycles. The molecule has 1 atom stereocenters. The quantitative estimate of drug-likeness (QED) is 0.537. The Morgan fingerprint density at radius 3 is 2.62 bits per heavy atom. The highest BCUT2D eigenvalue weighted by Crippen LogP contribution is 2.21. The van der Waals surface area contributed by atoms with Gasteiger partial charge in [-0.25, -0.2) is 9.97 Å². The fourth-order valence-corrected chi connectivity index (χ4v) is 1.35. The molecule has 0 amide bonds. The van der Waals surface area contributed by atoms with Crippen LogP contribution in [0.15, 0.2) is 12.5 Å². The maximum atomic E-state index is 5.47. The Balaban J connectivity index is 2.97. The number of aromatic nitrogens is 2. The summed E-state index contributed by atoms with van der Waals surface area (Å²) in [6.45, 7) is 6.18. The minimum Gasteiger partial charge on any atom is -0.271 e. The van der Waals surface area contributed by atoms with Gasteiger partial charge in [0.05, 0.1) is 6.04 Å². The first-order valence-electron chi connectivity index (χ1n) is 4.39. The molecule has 1 rings (SSSR count). The van der Waals surface area contributed by atoms with Crippen LogP contribution in [0.4, 0.5) is 0 Å². The van der Waals surface area contributed by atoms with E-state index >= 15 is 0 Å². The molecule has 0 aromatic carbocycles. The minimum absolute atomic E-state index is 0.126. The van der Waals surface area contributed by atoms with Crippen molar-refractivity contribution in [1.29, 1.82) is 0 Å². The molecule has 72 valence electrons. The topological polar surface area (TPSA) is 63.8 Å². The number of aryl methyl sites for hydroxylation is 1. The van der Waals surface area contributed by atoms with Gasteiger partial charge in [-0.05, 0) is 12.8 Å². The van der Waals surface area contributed by atoms with Gasteiger partial charge in [-0.1, -0.05) is 13.8 Å². The van der Waals surface area contributed by atoms with Crippen LogP contribution < -0.4 is 11.3 Å². The van der Waals surface area contributed by atoms with E-state index in [9.17, 15) is 0 Å². The monoisotopic (exact) mass is 180 g/mol. The van der Waals surface area contributed by atoms with E-state index in [4.69, 9.17) is 5.84 Å². The van der Waals surface area contributed by atoms with Gasteiger partial charge in [-0.2, -0.15) is 0 Å². The zero-order valence-corrected chi connectivity index (χ0v) is 8.28. The summed E-state index contributed by atoms with van der Waals surface area (Å²) in [6, 6.07) is 0.126. The summed E-state index contributed by atoms with van der Waals surface area (Å²) in [5, 5.41) is 0. The molecule has 0 spiro atoms. The Morgan fingerprint density at radius 2 is 2.15 bits per heavy atom. The van der Waals surface area contributed by atoms with Gasteiger partial charge in [-0.3, -0.25) is 11.3 Å². The Labute approximate surface area is 78.6 Å². The third kappa shape index (κ3) is 2.23. The van der Waals surface area contributed by atoms with Gasteiger partial charge >= 0.3 is 0 Å². The van der Waals surface area contributed by atoms with Crippen LogP contribution in [-0.2, 0) is 0 Å². The average Bonchev–Trinajstić information content (AvgIpc) is 2.09. The molecule has 1 heterocycles. The van der Waals surface area contributed by atoms with Gasteiger partial charge < -0.3 is 0 Å². The lowest BCUT2D eigenvalue weighted by atomic mass is 9.97. The number of hydrazine groups is 1. The van der Waals surface area contributed by atoms with E-state index in [2.05, 4.69) is 29.2 Å². The summed E-state index contributed by atoms with van der Waals surface area (Å²) in [5.41, 5.74) is 4.83. The number of hydrogen-bond acceptors (Lipinski definition) is 4. The van der Waals surface area contributed by atoms with Crippen LogP contribution in [0.2, 0.25) is 0 Å². The standard InChI is InChI=1S/C9H16N4/c1-6(2)9(13-10)8-4-11-5-12-7(8)3/h4-6,9,13H,10H2,1-3H3. The molecule has 0 saturated carbocycles. The number of nitrogens with zero attached hydrogens (tertiary/aromatic N) is 2. The maximum Gasteiger partial charge on any atom is 0.115 e. The molecule has 4 heteroatoms. The highest BCUT2D eigenvalue weighted by atomic mass is 15.2. The Kier molecular flexibility index (Phi) is 3.33. The molecular weight excluding hydrogens is 164 g/mol. The average molecular weight is 180 g/mol. The lowest BCUT2D eigenvalue weighted by molar-refractivity contribution is 0.417. The van der Waals surface area contributed by atoms with Crippen molar-refractivity contribution in [1.82, 2.24) is 15.4 Å². The van der Waals surface area contributed by atoms with E-state index in [1.807, 2.05) is 13.1 Å². The summed E-state index contributed by atoms with van der Waals surface area (Å²) in [5.74, 6) is 5.89. The summed E-state index contributed by atoms with van der Waals surface area (Å²) in [6.07, 6.45) is 3.36. The molecule has 0 aliphatic heterocycles. The van der Waals surface area contributed by atoms with Crippen molar-refractivity contribution in [2.24, 2.45) is 11.8 Å². The first kappa shape index (κ1) is 10.1. The van der Waals surface area contributed by atoms with Gasteiger partial charge in [0, 0.05) is 17.5 Å². The van der Waals surface area contributed by atoms with Crippen molar-refractivity contribution in [3.8, 4) is 0 Å². The second kappa shape index (κ2) is 4.30. The summed E-state index contributed by atoms with van der Waals surface area (Å²) in [7, 11) is 0. The lowest BCUT2D eigenvalue weighted by Crippen LogP contribution is -2.32. The van der Waals surface area contributed by atoms with E-state index in [-0.39, 0.29) is 6.04 Å². The van der Waals surface area contributed by atoms with Crippen molar-refractivity contribution in [2.75, 3.05) is 0 Å². The summed E-state index contributed by atoms with van der Waals surface area (Å²) < 4.78 is 0. The van der Waals surface area contributed by atoms with Crippen LogP contribution in [0.5, 0.6) is 0 Å². The van der Waals surface area contributed by atoms with Gasteiger partial charge in [0.25, 0.3) is 0 Å². The highest BCUT2D eigenvalue weighted by Gasteiger charge is 2.16. The molecule has 0 bridgehead atoms. The largest absolute Gasteiger partial charge is 0.271 e. The Hall–Kier alpha value is -1.00.